The first-order chi connectivity index (χ1) is 17.2. The van der Waals surface area contributed by atoms with Crippen LogP contribution in [0.3, 0.4) is 0 Å². The molecule has 2 aromatic rings. The highest BCUT2D eigenvalue weighted by atomic mass is 35.5. The first-order valence-corrected chi connectivity index (χ1v) is 12.4. The lowest BCUT2D eigenvalue weighted by Gasteiger charge is -2.42. The molecule has 0 unspecified atom stereocenters. The largest absolute Gasteiger partial charge is 0.382 e. The Morgan fingerprint density at radius 1 is 1.11 bits per heavy atom. The number of rotatable bonds is 8. The molecule has 194 valence electrons. The molecule has 8 N–H and O–H groups in total. The molecule has 3 rings (SSSR count). The van der Waals surface area contributed by atoms with Crippen LogP contribution in [-0.2, 0) is 6.42 Å². The number of nitrogen functional groups attached to an aromatic ring is 2. The molecule has 0 radical (unpaired) electrons. The average molecular weight is 516 g/mol. The lowest BCUT2D eigenvalue weighted by molar-refractivity contribution is 0.0965. The third-order valence-electron chi connectivity index (χ3n) is 6.42. The number of likely N-dealkylation sites (tertiary alicyclic amines) is 1. The topological polar surface area (TPSA) is 175 Å². The number of amides is 3. The van der Waals surface area contributed by atoms with Gasteiger partial charge in [-0.3, -0.25) is 15.5 Å². The molecule has 1 aliphatic rings. The van der Waals surface area contributed by atoms with Gasteiger partial charge >= 0.3 is 6.03 Å². The van der Waals surface area contributed by atoms with Gasteiger partial charge in [0, 0.05) is 26.2 Å². The van der Waals surface area contributed by atoms with Crippen molar-refractivity contribution in [2.24, 2.45) is 5.41 Å². The number of guanidine groups is 1. The van der Waals surface area contributed by atoms with Crippen molar-refractivity contribution < 1.29 is 9.59 Å². The van der Waals surface area contributed by atoms with Crippen LogP contribution < -0.4 is 27.4 Å². The third-order valence-corrected chi connectivity index (χ3v) is 6.70. The molecule has 11 nitrogen and oxygen atoms in total. The number of hydrogen-bond donors (Lipinski definition) is 6. The van der Waals surface area contributed by atoms with Crippen LogP contribution in [0.1, 0.15) is 48.7 Å². The Morgan fingerprint density at radius 2 is 1.81 bits per heavy atom. The van der Waals surface area contributed by atoms with E-state index in [1.165, 1.54) is 5.56 Å². The van der Waals surface area contributed by atoms with E-state index in [2.05, 4.69) is 38.1 Å². The van der Waals surface area contributed by atoms with Gasteiger partial charge in [0.05, 0.1) is 0 Å². The molecule has 1 aliphatic heterocycles. The number of carbonyl (C=O) groups is 2. The highest BCUT2D eigenvalue weighted by Crippen LogP contribution is 2.36. The zero-order valence-corrected chi connectivity index (χ0v) is 21.2. The lowest BCUT2D eigenvalue weighted by atomic mass is 9.74. The molecule has 1 aromatic heterocycles. The van der Waals surface area contributed by atoms with Crippen molar-refractivity contribution in [3.05, 3.63) is 46.7 Å². The fourth-order valence-electron chi connectivity index (χ4n) is 4.20. The molecule has 36 heavy (non-hydrogen) atoms. The number of carbonyl (C=O) groups excluding carboxylic acids is 2. The molecule has 0 bridgehead atoms. The van der Waals surface area contributed by atoms with E-state index < -0.39 is 5.91 Å². The van der Waals surface area contributed by atoms with Crippen LogP contribution in [0.25, 0.3) is 0 Å². The van der Waals surface area contributed by atoms with Crippen molar-refractivity contribution in [3.8, 4) is 0 Å². The number of piperidine rings is 1. The first kappa shape index (κ1) is 27.0. The van der Waals surface area contributed by atoms with Gasteiger partial charge in [-0.2, -0.15) is 0 Å². The Morgan fingerprint density at radius 3 is 2.47 bits per heavy atom. The first-order valence-electron chi connectivity index (χ1n) is 12.0. The number of nitrogens with one attached hydrogen (secondary N) is 4. The maximum Gasteiger partial charge on any atom is 0.317 e. The molecule has 0 saturated carbocycles. The molecule has 1 saturated heterocycles. The van der Waals surface area contributed by atoms with Gasteiger partial charge in [0.25, 0.3) is 5.91 Å². The zero-order chi connectivity index (χ0) is 26.1. The van der Waals surface area contributed by atoms with Crippen LogP contribution in [0.5, 0.6) is 0 Å². The van der Waals surface area contributed by atoms with Crippen LogP contribution in [-0.4, -0.2) is 58.9 Å². The van der Waals surface area contributed by atoms with Crippen molar-refractivity contribution >= 4 is 41.1 Å². The Balaban J connectivity index is 1.63. The quantitative estimate of drug-likeness (QED) is 0.231. The van der Waals surface area contributed by atoms with Crippen LogP contribution in [0.4, 0.5) is 16.4 Å². The Kier molecular flexibility index (Phi) is 9.29. The van der Waals surface area contributed by atoms with E-state index >= 15 is 0 Å². The van der Waals surface area contributed by atoms with Crippen LogP contribution >= 0.6 is 11.6 Å². The summed E-state index contributed by atoms with van der Waals surface area (Å²) in [5.41, 5.74) is 12.2. The van der Waals surface area contributed by atoms with E-state index in [1.54, 1.807) is 0 Å². The standard InChI is InChI=1S/C24H34ClN9O2/c1-2-12-29-23(36)34-13-10-24(11-14-34,9-8-16-6-4-3-5-7-16)15-30-22(28)33-21(35)17-19(26)32-20(27)18(25)31-17/h3-7H,2,8-15H2,1H3,(H,29,36)(H4,26,27,32)(H3,28,30,33,35). The number of halogens is 1. The van der Waals surface area contributed by atoms with Gasteiger partial charge in [0.1, 0.15) is 0 Å². The summed E-state index contributed by atoms with van der Waals surface area (Å²) in [6, 6.07) is 10.2. The Hall–Kier alpha value is -3.60. The van der Waals surface area contributed by atoms with E-state index in [0.717, 1.165) is 32.1 Å². The molecule has 0 spiro atoms. The van der Waals surface area contributed by atoms with Gasteiger partial charge in [-0.1, -0.05) is 48.9 Å². The normalized spacial score (nSPS) is 14.7. The van der Waals surface area contributed by atoms with Crippen molar-refractivity contribution in [3.63, 3.8) is 0 Å². The maximum absolute atomic E-state index is 12.6. The van der Waals surface area contributed by atoms with Gasteiger partial charge < -0.3 is 27.0 Å². The summed E-state index contributed by atoms with van der Waals surface area (Å²) in [6.07, 6.45) is 4.19. The molecular formula is C24H34ClN9O2. The highest BCUT2D eigenvalue weighted by molar-refractivity contribution is 6.31. The number of aromatic nitrogens is 2. The summed E-state index contributed by atoms with van der Waals surface area (Å²) in [5.74, 6) is -1.14. The fraction of sp³-hybridized carbons (Fsp3) is 0.458. The zero-order valence-electron chi connectivity index (χ0n) is 20.4. The highest BCUT2D eigenvalue weighted by Gasteiger charge is 2.36. The summed E-state index contributed by atoms with van der Waals surface area (Å²) in [4.78, 5) is 34.5. The molecular weight excluding hydrogens is 482 g/mol. The SMILES string of the molecule is CCCNC(=O)N1CCC(CCc2ccccc2)(CNC(=N)NC(=O)c2nc(Cl)c(N)nc2N)CC1. The average Bonchev–Trinajstić information content (AvgIpc) is 2.88. The van der Waals surface area contributed by atoms with E-state index in [1.807, 2.05) is 30.0 Å². The van der Waals surface area contributed by atoms with Gasteiger partial charge in [0.15, 0.2) is 28.4 Å². The van der Waals surface area contributed by atoms with Gasteiger partial charge in [0.2, 0.25) is 0 Å². The molecule has 1 fully saturated rings. The van der Waals surface area contributed by atoms with E-state index in [9.17, 15) is 9.59 Å². The molecule has 1 aromatic carbocycles. The number of hydrogen-bond acceptors (Lipinski definition) is 7. The van der Waals surface area contributed by atoms with E-state index in [0.29, 0.717) is 26.2 Å². The van der Waals surface area contributed by atoms with Crippen molar-refractivity contribution in [2.75, 3.05) is 37.6 Å². The number of anilines is 2. The Bertz CT molecular complexity index is 1070. The molecule has 12 heteroatoms. The molecule has 0 atom stereocenters. The number of nitrogens with zero attached hydrogens (tertiary/aromatic N) is 3. The summed E-state index contributed by atoms with van der Waals surface area (Å²) in [5, 5.41) is 16.5. The van der Waals surface area contributed by atoms with Crippen LogP contribution in [0.15, 0.2) is 30.3 Å². The summed E-state index contributed by atoms with van der Waals surface area (Å²) >= 11 is 5.86. The predicted octanol–water partition coefficient (Wildman–Crippen LogP) is 2.38. The number of urea groups is 1. The van der Waals surface area contributed by atoms with Gasteiger partial charge in [-0.05, 0) is 43.1 Å². The van der Waals surface area contributed by atoms with Crippen molar-refractivity contribution in [1.82, 2.24) is 30.8 Å². The molecule has 3 amide bonds. The number of benzene rings is 1. The predicted molar refractivity (Wildman–Crippen MR) is 141 cm³/mol. The van der Waals surface area contributed by atoms with Crippen molar-refractivity contribution in [1.29, 1.82) is 5.41 Å². The second kappa shape index (κ2) is 12.4. The van der Waals surface area contributed by atoms with Crippen LogP contribution in [0, 0.1) is 10.8 Å². The fourth-order valence-corrected chi connectivity index (χ4v) is 4.33. The van der Waals surface area contributed by atoms with Crippen molar-refractivity contribution in [2.45, 2.75) is 39.0 Å². The molecule has 0 aliphatic carbocycles. The second-order valence-electron chi connectivity index (χ2n) is 9.02. The van der Waals surface area contributed by atoms with Crippen LogP contribution in [0.2, 0.25) is 5.15 Å². The van der Waals surface area contributed by atoms with E-state index in [4.69, 9.17) is 28.5 Å². The minimum absolute atomic E-state index is 0.0395. The lowest BCUT2D eigenvalue weighted by Crippen LogP contribution is -2.52. The summed E-state index contributed by atoms with van der Waals surface area (Å²) in [7, 11) is 0. The van der Waals surface area contributed by atoms with Gasteiger partial charge in [-0.15, -0.1) is 0 Å². The summed E-state index contributed by atoms with van der Waals surface area (Å²) < 4.78 is 0. The smallest absolute Gasteiger partial charge is 0.317 e. The maximum atomic E-state index is 12.6. The number of aryl methyl sites for hydroxylation is 1. The van der Waals surface area contributed by atoms with Gasteiger partial charge in [-0.25, -0.2) is 14.8 Å². The molecule has 2 heterocycles. The van der Waals surface area contributed by atoms with E-state index in [-0.39, 0.29) is 39.9 Å². The minimum atomic E-state index is -0.708. The Labute approximate surface area is 215 Å². The minimum Gasteiger partial charge on any atom is -0.382 e. The summed E-state index contributed by atoms with van der Waals surface area (Å²) in [6.45, 7) is 4.39. The third kappa shape index (κ3) is 7.20. The second-order valence-corrected chi connectivity index (χ2v) is 9.38. The monoisotopic (exact) mass is 515 g/mol. The number of nitrogens with two attached hydrogens (primary N) is 2.